The number of piperazine rings is 1. The smallest absolute Gasteiger partial charge is 0.243 e. The molecule has 1 heterocycles. The van der Waals surface area contributed by atoms with Crippen LogP contribution in [0.15, 0.2) is 47.4 Å². The molecule has 0 radical (unpaired) electrons. The predicted octanol–water partition coefficient (Wildman–Crippen LogP) is 2.52. The van der Waals surface area contributed by atoms with Gasteiger partial charge in [-0.05, 0) is 24.6 Å². The Morgan fingerprint density at radius 1 is 0.889 bits per heavy atom. The van der Waals surface area contributed by atoms with E-state index in [-0.39, 0.29) is 4.90 Å². The minimum Gasteiger partial charge on any atom is -0.493 e. The maximum absolute atomic E-state index is 13.0. The lowest BCUT2D eigenvalue weighted by molar-refractivity contribution is 0.181. The van der Waals surface area contributed by atoms with Gasteiger partial charge in [-0.3, -0.25) is 4.90 Å². The predicted molar refractivity (Wildman–Crippen MR) is 105 cm³/mol. The van der Waals surface area contributed by atoms with E-state index in [1.165, 1.54) is 31.4 Å². The zero-order valence-electron chi connectivity index (χ0n) is 16.0. The minimum absolute atomic E-state index is 0.229. The van der Waals surface area contributed by atoms with Crippen molar-refractivity contribution in [2.75, 3.05) is 40.4 Å². The Morgan fingerprint density at radius 3 is 2.11 bits per heavy atom. The lowest BCUT2D eigenvalue weighted by atomic mass is 10.1. The highest BCUT2D eigenvalue weighted by Crippen LogP contribution is 2.31. The average molecular weight is 391 g/mol. The molecule has 2 aromatic carbocycles. The molecule has 7 heteroatoms. The van der Waals surface area contributed by atoms with Crippen LogP contribution >= 0.6 is 0 Å². The molecule has 1 saturated heterocycles. The molecule has 0 spiro atoms. The van der Waals surface area contributed by atoms with Crippen molar-refractivity contribution in [3.05, 3.63) is 53.6 Å². The molecule has 1 aliphatic heterocycles. The van der Waals surface area contributed by atoms with Crippen molar-refractivity contribution in [3.8, 4) is 11.5 Å². The quantitative estimate of drug-likeness (QED) is 0.759. The van der Waals surface area contributed by atoms with Crippen LogP contribution in [-0.2, 0) is 16.6 Å². The van der Waals surface area contributed by atoms with Crippen LogP contribution in [0.2, 0.25) is 0 Å². The molecule has 0 saturated carbocycles. The van der Waals surface area contributed by atoms with E-state index < -0.39 is 10.0 Å². The molecular weight excluding hydrogens is 364 g/mol. The molecule has 0 amide bonds. The van der Waals surface area contributed by atoms with Crippen molar-refractivity contribution in [3.63, 3.8) is 0 Å². The van der Waals surface area contributed by atoms with E-state index >= 15 is 0 Å². The third-order valence-electron chi connectivity index (χ3n) is 4.85. The van der Waals surface area contributed by atoms with E-state index in [2.05, 4.69) is 36.1 Å². The monoisotopic (exact) mass is 390 g/mol. The molecule has 3 rings (SSSR count). The Kier molecular flexibility index (Phi) is 6.04. The second-order valence-electron chi connectivity index (χ2n) is 6.68. The third kappa shape index (κ3) is 4.43. The van der Waals surface area contributed by atoms with Crippen molar-refractivity contribution < 1.29 is 17.9 Å². The number of nitrogens with zero attached hydrogens (tertiary/aromatic N) is 2. The number of methoxy groups -OCH3 is 2. The topological polar surface area (TPSA) is 59.1 Å². The Hall–Kier alpha value is -2.09. The Balaban J connectivity index is 1.66. The molecule has 1 aliphatic rings. The fraction of sp³-hybridized carbons (Fsp3) is 0.400. The molecule has 1 fully saturated rings. The van der Waals surface area contributed by atoms with E-state index in [0.29, 0.717) is 37.7 Å². The largest absolute Gasteiger partial charge is 0.493 e. The Bertz CT molecular complexity index is 873. The summed E-state index contributed by atoms with van der Waals surface area (Å²) in [7, 11) is -0.525. The molecular formula is C20H26N2O4S. The first-order chi connectivity index (χ1) is 12.9. The van der Waals surface area contributed by atoms with Gasteiger partial charge >= 0.3 is 0 Å². The van der Waals surface area contributed by atoms with Crippen LogP contribution in [0.25, 0.3) is 0 Å². The Morgan fingerprint density at radius 2 is 1.52 bits per heavy atom. The highest BCUT2D eigenvalue weighted by molar-refractivity contribution is 7.89. The Labute approximate surface area is 161 Å². The van der Waals surface area contributed by atoms with E-state index in [1.54, 1.807) is 16.4 Å². The summed E-state index contributed by atoms with van der Waals surface area (Å²) in [5.74, 6) is 0.927. The number of sulfonamides is 1. The van der Waals surface area contributed by atoms with Gasteiger partial charge in [-0.15, -0.1) is 0 Å². The zero-order valence-corrected chi connectivity index (χ0v) is 16.8. The number of benzene rings is 2. The summed E-state index contributed by atoms with van der Waals surface area (Å²) in [5.41, 5.74) is 2.49. The summed E-state index contributed by atoms with van der Waals surface area (Å²) < 4.78 is 37.9. The fourth-order valence-electron chi connectivity index (χ4n) is 3.21. The maximum Gasteiger partial charge on any atom is 0.243 e. The van der Waals surface area contributed by atoms with Gasteiger partial charge in [0.1, 0.15) is 0 Å². The molecule has 0 bridgehead atoms. The molecule has 6 nitrogen and oxygen atoms in total. The van der Waals surface area contributed by atoms with E-state index in [1.807, 2.05) is 0 Å². The number of hydrogen-bond acceptors (Lipinski definition) is 5. The molecule has 0 aromatic heterocycles. The number of ether oxygens (including phenoxy) is 2. The summed E-state index contributed by atoms with van der Waals surface area (Å²) in [6.45, 7) is 5.28. The van der Waals surface area contributed by atoms with Gasteiger partial charge in [0.15, 0.2) is 11.5 Å². The van der Waals surface area contributed by atoms with Crippen LogP contribution < -0.4 is 9.47 Å². The summed E-state index contributed by atoms with van der Waals surface area (Å²) in [6, 6.07) is 13.2. The second-order valence-corrected chi connectivity index (χ2v) is 8.62. The van der Waals surface area contributed by atoms with Gasteiger partial charge in [0.25, 0.3) is 0 Å². The molecule has 0 aliphatic carbocycles. The van der Waals surface area contributed by atoms with Crippen LogP contribution in [0, 0.1) is 6.92 Å². The van der Waals surface area contributed by atoms with Crippen LogP contribution in [0.3, 0.4) is 0 Å². The molecule has 0 N–H and O–H groups in total. The van der Waals surface area contributed by atoms with Crippen molar-refractivity contribution in [1.82, 2.24) is 9.21 Å². The van der Waals surface area contributed by atoms with Gasteiger partial charge in [0.2, 0.25) is 10.0 Å². The summed E-state index contributed by atoms with van der Waals surface area (Å²) in [5, 5.41) is 0. The van der Waals surface area contributed by atoms with E-state index in [4.69, 9.17) is 9.47 Å². The SMILES string of the molecule is COc1ccc(S(=O)(=O)N2CCN(Cc3ccc(C)cc3)CC2)cc1OC. The number of aryl methyl sites for hydroxylation is 1. The summed E-state index contributed by atoms with van der Waals surface area (Å²) in [6.07, 6.45) is 0. The van der Waals surface area contributed by atoms with Crippen LogP contribution in [0.4, 0.5) is 0 Å². The standard InChI is InChI=1S/C20H26N2O4S/c1-16-4-6-17(7-5-16)15-21-10-12-22(13-11-21)27(23,24)18-8-9-19(25-2)20(14-18)26-3/h4-9,14H,10-13,15H2,1-3H3. The van der Waals surface area contributed by atoms with Gasteiger partial charge in [-0.1, -0.05) is 29.8 Å². The first-order valence-corrected chi connectivity index (χ1v) is 10.4. The van der Waals surface area contributed by atoms with E-state index in [9.17, 15) is 8.42 Å². The summed E-state index contributed by atoms with van der Waals surface area (Å²) >= 11 is 0. The van der Waals surface area contributed by atoms with Crippen molar-refractivity contribution in [1.29, 1.82) is 0 Å². The zero-order chi connectivity index (χ0) is 19.4. The summed E-state index contributed by atoms with van der Waals surface area (Å²) in [4.78, 5) is 2.51. The van der Waals surface area contributed by atoms with Gasteiger partial charge in [0.05, 0.1) is 19.1 Å². The lowest BCUT2D eigenvalue weighted by Gasteiger charge is -2.34. The van der Waals surface area contributed by atoms with Gasteiger partial charge in [-0.2, -0.15) is 4.31 Å². The number of hydrogen-bond donors (Lipinski definition) is 0. The van der Waals surface area contributed by atoms with Crippen molar-refractivity contribution in [2.24, 2.45) is 0 Å². The molecule has 0 atom stereocenters. The van der Waals surface area contributed by atoms with Crippen molar-refractivity contribution >= 4 is 10.0 Å². The van der Waals surface area contributed by atoms with E-state index in [0.717, 1.165) is 6.54 Å². The minimum atomic E-state index is -3.55. The first-order valence-electron chi connectivity index (χ1n) is 8.94. The van der Waals surface area contributed by atoms with Crippen LogP contribution in [-0.4, -0.2) is 58.0 Å². The molecule has 146 valence electrons. The highest BCUT2D eigenvalue weighted by Gasteiger charge is 2.29. The molecule has 27 heavy (non-hydrogen) atoms. The first kappa shape index (κ1) is 19.7. The van der Waals surface area contributed by atoms with Crippen LogP contribution in [0.1, 0.15) is 11.1 Å². The average Bonchev–Trinajstić information content (AvgIpc) is 2.69. The normalized spacial score (nSPS) is 16.3. The second kappa shape index (κ2) is 8.29. The molecule has 2 aromatic rings. The lowest BCUT2D eigenvalue weighted by Crippen LogP contribution is -2.48. The van der Waals surface area contributed by atoms with Gasteiger partial charge in [0, 0.05) is 38.8 Å². The fourth-order valence-corrected chi connectivity index (χ4v) is 4.64. The number of rotatable bonds is 6. The molecule has 0 unspecified atom stereocenters. The maximum atomic E-state index is 13.0. The van der Waals surface area contributed by atoms with Gasteiger partial charge < -0.3 is 9.47 Å². The van der Waals surface area contributed by atoms with Crippen molar-refractivity contribution in [2.45, 2.75) is 18.4 Å². The highest BCUT2D eigenvalue weighted by atomic mass is 32.2. The van der Waals surface area contributed by atoms with Crippen LogP contribution in [0.5, 0.6) is 11.5 Å². The third-order valence-corrected chi connectivity index (χ3v) is 6.75. The van der Waals surface area contributed by atoms with Gasteiger partial charge in [-0.25, -0.2) is 8.42 Å².